The number of nitrogens with one attached hydrogen (secondary N) is 3. The summed E-state index contributed by atoms with van der Waals surface area (Å²) in [6.45, 7) is 3.93. The molecule has 142 valence electrons. The SMILES string of the molecule is Cc1cccc(NC(=O)CNC(=O)CCNC(=O)c2ccc(Cl)cc2)c1C. The number of carbonyl (C=O) groups is 3. The van der Waals surface area contributed by atoms with E-state index in [0.717, 1.165) is 16.8 Å². The first-order valence-corrected chi connectivity index (χ1v) is 8.91. The third kappa shape index (κ3) is 6.42. The number of hydrogen-bond acceptors (Lipinski definition) is 3. The van der Waals surface area contributed by atoms with E-state index in [2.05, 4.69) is 16.0 Å². The molecule has 3 amide bonds. The summed E-state index contributed by atoms with van der Waals surface area (Å²) in [5.74, 6) is -0.906. The van der Waals surface area contributed by atoms with Crippen molar-refractivity contribution in [3.05, 3.63) is 64.2 Å². The van der Waals surface area contributed by atoms with Gasteiger partial charge in [-0.05, 0) is 55.3 Å². The molecule has 0 aromatic heterocycles. The van der Waals surface area contributed by atoms with Crippen molar-refractivity contribution in [2.45, 2.75) is 20.3 Å². The van der Waals surface area contributed by atoms with E-state index in [0.29, 0.717) is 10.6 Å². The zero-order chi connectivity index (χ0) is 19.8. The Morgan fingerprint density at radius 2 is 1.63 bits per heavy atom. The summed E-state index contributed by atoms with van der Waals surface area (Å²) in [6, 6.07) is 12.1. The van der Waals surface area contributed by atoms with Crippen molar-refractivity contribution in [2.24, 2.45) is 0 Å². The summed E-state index contributed by atoms with van der Waals surface area (Å²) in [5.41, 5.74) is 3.26. The molecule has 0 aliphatic heterocycles. The van der Waals surface area contributed by atoms with Crippen LogP contribution < -0.4 is 16.0 Å². The lowest BCUT2D eigenvalue weighted by atomic mass is 10.1. The molecule has 0 saturated heterocycles. The average molecular weight is 388 g/mol. The Labute approximate surface area is 163 Å². The van der Waals surface area contributed by atoms with E-state index in [4.69, 9.17) is 11.6 Å². The number of carbonyl (C=O) groups excluding carboxylic acids is 3. The van der Waals surface area contributed by atoms with E-state index in [9.17, 15) is 14.4 Å². The minimum absolute atomic E-state index is 0.0794. The monoisotopic (exact) mass is 387 g/mol. The average Bonchev–Trinajstić information content (AvgIpc) is 2.64. The van der Waals surface area contributed by atoms with Gasteiger partial charge in [-0.15, -0.1) is 0 Å². The molecule has 7 heteroatoms. The Hall–Kier alpha value is -2.86. The van der Waals surface area contributed by atoms with Crippen molar-refractivity contribution in [1.82, 2.24) is 10.6 Å². The molecule has 2 aromatic rings. The Bertz CT molecular complexity index is 835. The van der Waals surface area contributed by atoms with Crippen LogP contribution in [0.2, 0.25) is 5.02 Å². The van der Waals surface area contributed by atoms with Crippen LogP contribution in [0.25, 0.3) is 0 Å². The lowest BCUT2D eigenvalue weighted by molar-refractivity contribution is -0.124. The van der Waals surface area contributed by atoms with Gasteiger partial charge < -0.3 is 16.0 Å². The number of anilines is 1. The zero-order valence-electron chi connectivity index (χ0n) is 15.3. The summed E-state index contributed by atoms with van der Waals surface area (Å²) >= 11 is 5.77. The maximum atomic E-state index is 12.0. The highest BCUT2D eigenvalue weighted by Gasteiger charge is 2.09. The molecule has 6 nitrogen and oxygen atoms in total. The van der Waals surface area contributed by atoms with Crippen molar-refractivity contribution in [2.75, 3.05) is 18.4 Å². The molecule has 0 saturated carbocycles. The second-order valence-corrected chi connectivity index (χ2v) is 6.52. The molecule has 2 rings (SSSR count). The summed E-state index contributed by atoms with van der Waals surface area (Å²) in [7, 11) is 0. The fourth-order valence-corrected chi connectivity index (χ4v) is 2.47. The zero-order valence-corrected chi connectivity index (χ0v) is 16.0. The summed E-state index contributed by atoms with van der Waals surface area (Å²) < 4.78 is 0. The number of aryl methyl sites for hydroxylation is 1. The van der Waals surface area contributed by atoms with Gasteiger partial charge in [0.2, 0.25) is 11.8 Å². The molecule has 0 spiro atoms. The number of amides is 3. The number of rotatable bonds is 7. The molecule has 0 aliphatic carbocycles. The van der Waals surface area contributed by atoms with Crippen LogP contribution in [0.3, 0.4) is 0 Å². The molecule has 3 N–H and O–H groups in total. The fraction of sp³-hybridized carbons (Fsp3) is 0.250. The van der Waals surface area contributed by atoms with Gasteiger partial charge in [0.25, 0.3) is 5.91 Å². The summed E-state index contributed by atoms with van der Waals surface area (Å²) in [6.07, 6.45) is 0.0794. The van der Waals surface area contributed by atoms with Crippen molar-refractivity contribution in [3.63, 3.8) is 0 Å². The Kier molecular flexibility index (Phi) is 7.37. The predicted octanol–water partition coefficient (Wildman–Crippen LogP) is 2.83. The van der Waals surface area contributed by atoms with Crippen molar-refractivity contribution < 1.29 is 14.4 Å². The van der Waals surface area contributed by atoms with E-state index < -0.39 is 0 Å². The van der Waals surface area contributed by atoms with Gasteiger partial charge in [-0.3, -0.25) is 14.4 Å². The molecule has 0 atom stereocenters. The van der Waals surface area contributed by atoms with E-state index in [-0.39, 0.29) is 37.2 Å². The largest absolute Gasteiger partial charge is 0.352 e. The van der Waals surface area contributed by atoms with Gasteiger partial charge in [0.15, 0.2) is 0 Å². The molecule has 0 bridgehead atoms. The van der Waals surface area contributed by atoms with Crippen LogP contribution in [-0.4, -0.2) is 30.8 Å². The van der Waals surface area contributed by atoms with Gasteiger partial charge in [-0.1, -0.05) is 23.7 Å². The molecular formula is C20H22ClN3O3. The van der Waals surface area contributed by atoms with E-state index in [1.165, 1.54) is 0 Å². The van der Waals surface area contributed by atoms with Crippen LogP contribution in [0.1, 0.15) is 27.9 Å². The third-order valence-electron chi connectivity index (χ3n) is 4.07. The Balaban J connectivity index is 1.69. The van der Waals surface area contributed by atoms with E-state index >= 15 is 0 Å². The van der Waals surface area contributed by atoms with Crippen LogP contribution >= 0.6 is 11.6 Å². The molecule has 0 unspecified atom stereocenters. The molecule has 0 aliphatic rings. The smallest absolute Gasteiger partial charge is 0.251 e. The standard InChI is InChI=1S/C20H22ClN3O3/c1-13-4-3-5-17(14(13)2)24-19(26)12-23-18(25)10-11-22-20(27)15-6-8-16(21)9-7-15/h3-9H,10-12H2,1-2H3,(H,22,27)(H,23,25)(H,24,26). The van der Waals surface area contributed by atoms with Crippen molar-refractivity contribution >= 4 is 35.0 Å². The van der Waals surface area contributed by atoms with Crippen LogP contribution in [0.5, 0.6) is 0 Å². The Morgan fingerprint density at radius 3 is 2.33 bits per heavy atom. The highest BCUT2D eigenvalue weighted by Crippen LogP contribution is 2.17. The number of halogens is 1. The maximum absolute atomic E-state index is 12.0. The Morgan fingerprint density at radius 1 is 0.926 bits per heavy atom. The van der Waals surface area contributed by atoms with Crippen LogP contribution in [0.4, 0.5) is 5.69 Å². The highest BCUT2D eigenvalue weighted by atomic mass is 35.5. The summed E-state index contributed by atoms with van der Waals surface area (Å²) in [4.78, 5) is 35.7. The van der Waals surface area contributed by atoms with Crippen LogP contribution in [-0.2, 0) is 9.59 Å². The molecule has 0 heterocycles. The van der Waals surface area contributed by atoms with Gasteiger partial charge in [0.05, 0.1) is 6.54 Å². The first-order chi connectivity index (χ1) is 12.9. The molecule has 27 heavy (non-hydrogen) atoms. The second kappa shape index (κ2) is 9.73. The predicted molar refractivity (Wildman–Crippen MR) is 106 cm³/mol. The third-order valence-corrected chi connectivity index (χ3v) is 4.32. The van der Waals surface area contributed by atoms with Gasteiger partial charge in [0, 0.05) is 29.2 Å². The van der Waals surface area contributed by atoms with Gasteiger partial charge in [0.1, 0.15) is 0 Å². The molecule has 0 radical (unpaired) electrons. The van der Waals surface area contributed by atoms with E-state index in [1.807, 2.05) is 32.0 Å². The normalized spacial score (nSPS) is 10.2. The molecule has 0 fully saturated rings. The fourth-order valence-electron chi connectivity index (χ4n) is 2.34. The van der Waals surface area contributed by atoms with Crippen molar-refractivity contribution in [3.8, 4) is 0 Å². The maximum Gasteiger partial charge on any atom is 0.251 e. The van der Waals surface area contributed by atoms with Gasteiger partial charge in [-0.25, -0.2) is 0 Å². The highest BCUT2D eigenvalue weighted by molar-refractivity contribution is 6.30. The topological polar surface area (TPSA) is 87.3 Å². The van der Waals surface area contributed by atoms with Crippen LogP contribution in [0.15, 0.2) is 42.5 Å². The lowest BCUT2D eigenvalue weighted by Crippen LogP contribution is -2.35. The van der Waals surface area contributed by atoms with Gasteiger partial charge >= 0.3 is 0 Å². The van der Waals surface area contributed by atoms with Crippen LogP contribution in [0, 0.1) is 13.8 Å². The quantitative estimate of drug-likeness (QED) is 0.682. The first-order valence-electron chi connectivity index (χ1n) is 8.53. The molecular weight excluding hydrogens is 366 g/mol. The minimum Gasteiger partial charge on any atom is -0.352 e. The second-order valence-electron chi connectivity index (χ2n) is 6.09. The van der Waals surface area contributed by atoms with E-state index in [1.54, 1.807) is 24.3 Å². The lowest BCUT2D eigenvalue weighted by Gasteiger charge is -2.11. The number of hydrogen-bond donors (Lipinski definition) is 3. The first kappa shape index (κ1) is 20.5. The van der Waals surface area contributed by atoms with Crippen molar-refractivity contribution in [1.29, 1.82) is 0 Å². The number of benzene rings is 2. The van der Waals surface area contributed by atoms with Gasteiger partial charge in [-0.2, -0.15) is 0 Å². The molecule has 2 aromatic carbocycles. The minimum atomic E-state index is -0.317. The summed E-state index contributed by atoms with van der Waals surface area (Å²) in [5, 5.41) is 8.50.